The minimum Gasteiger partial charge on any atom is -0.467 e. The van der Waals surface area contributed by atoms with Crippen molar-refractivity contribution in [1.82, 2.24) is 14.9 Å². The van der Waals surface area contributed by atoms with Crippen LogP contribution in [0, 0.1) is 12.3 Å². The summed E-state index contributed by atoms with van der Waals surface area (Å²) < 4.78 is 11.7. The van der Waals surface area contributed by atoms with E-state index in [4.69, 9.17) is 20.6 Å². The molecule has 1 fully saturated rings. The van der Waals surface area contributed by atoms with E-state index < -0.39 is 0 Å². The second kappa shape index (κ2) is 9.15. The maximum absolute atomic E-state index is 11.9. The molecule has 1 saturated heterocycles. The number of anilines is 2. The first-order valence-corrected chi connectivity index (χ1v) is 10.5. The van der Waals surface area contributed by atoms with Crippen molar-refractivity contribution in [3.05, 3.63) is 54.1 Å². The van der Waals surface area contributed by atoms with E-state index in [1.807, 2.05) is 31.2 Å². The summed E-state index contributed by atoms with van der Waals surface area (Å²) in [4.78, 5) is 25.0. The first kappa shape index (κ1) is 22.1. The number of aromatic nitrogens is 2. The molecule has 33 heavy (non-hydrogen) atoms. The van der Waals surface area contributed by atoms with Crippen LogP contribution in [-0.4, -0.2) is 60.3 Å². The highest BCUT2D eigenvalue weighted by molar-refractivity contribution is 5.95. The van der Waals surface area contributed by atoms with E-state index in [0.29, 0.717) is 60.3 Å². The Labute approximate surface area is 191 Å². The number of fused-ring (bicyclic) bond motifs is 1. The number of amides is 1. The zero-order chi connectivity index (χ0) is 23.5. The number of benzene rings is 2. The van der Waals surface area contributed by atoms with Gasteiger partial charge < -0.3 is 30.4 Å². The van der Waals surface area contributed by atoms with Gasteiger partial charge in [-0.15, -0.1) is 0 Å². The van der Waals surface area contributed by atoms with Gasteiger partial charge in [0.25, 0.3) is 0 Å². The Hall–Kier alpha value is -4.14. The highest BCUT2D eigenvalue weighted by atomic mass is 16.5. The van der Waals surface area contributed by atoms with E-state index in [-0.39, 0.29) is 11.9 Å². The molecule has 4 rings (SSSR count). The highest BCUT2D eigenvalue weighted by Crippen LogP contribution is 2.37. The zero-order valence-electron chi connectivity index (χ0n) is 18.7. The van der Waals surface area contributed by atoms with Crippen molar-refractivity contribution in [3.8, 4) is 17.5 Å². The van der Waals surface area contributed by atoms with Crippen molar-refractivity contribution >= 4 is 34.5 Å². The molecule has 170 valence electrons. The molecule has 9 nitrogen and oxygen atoms in total. The number of hydrogen-bond donors (Lipinski definition) is 2. The van der Waals surface area contributed by atoms with Crippen LogP contribution in [0.25, 0.3) is 10.9 Å². The van der Waals surface area contributed by atoms with Crippen LogP contribution in [-0.2, 0) is 4.79 Å². The molecule has 1 amide bonds. The SMILES string of the molecule is C=CC(=O)N1CCN(c2nc(OC)nc3c(Oc4c(C)ccc(N)c4C=N)cccc23)CC1. The zero-order valence-corrected chi connectivity index (χ0v) is 18.7. The maximum atomic E-state index is 11.9. The first-order valence-electron chi connectivity index (χ1n) is 10.5. The normalized spacial score (nSPS) is 13.6. The molecule has 0 saturated carbocycles. The lowest BCUT2D eigenvalue weighted by molar-refractivity contribution is -0.126. The molecule has 0 bridgehead atoms. The van der Waals surface area contributed by atoms with Crippen molar-refractivity contribution in [1.29, 1.82) is 5.41 Å². The van der Waals surface area contributed by atoms with Gasteiger partial charge in [-0.3, -0.25) is 4.79 Å². The molecule has 3 aromatic rings. The van der Waals surface area contributed by atoms with Crippen LogP contribution in [0.4, 0.5) is 11.5 Å². The monoisotopic (exact) mass is 446 g/mol. The van der Waals surface area contributed by atoms with Gasteiger partial charge in [-0.2, -0.15) is 9.97 Å². The summed E-state index contributed by atoms with van der Waals surface area (Å²) in [6, 6.07) is 9.45. The standard InChI is InChI=1S/C24H26N6O3/c1-4-20(31)29-10-12-30(13-11-29)23-16-6-5-7-19(21(16)27-24(28-23)32-3)33-22-15(2)8-9-18(26)17(22)14-25/h4-9,14,25H,1,10-13,26H2,2-3H3. The molecule has 1 aromatic heterocycles. The molecule has 2 heterocycles. The van der Waals surface area contributed by atoms with Gasteiger partial charge in [0, 0.05) is 43.5 Å². The molecule has 3 N–H and O–H groups in total. The Morgan fingerprint density at radius 2 is 1.94 bits per heavy atom. The fourth-order valence-electron chi connectivity index (χ4n) is 3.89. The molecule has 0 atom stereocenters. The average Bonchev–Trinajstić information content (AvgIpc) is 2.85. The van der Waals surface area contributed by atoms with Crippen LogP contribution in [0.15, 0.2) is 43.0 Å². The molecule has 2 aromatic carbocycles. The third kappa shape index (κ3) is 4.17. The third-order valence-corrected chi connectivity index (χ3v) is 5.68. The number of piperazine rings is 1. The van der Waals surface area contributed by atoms with Crippen molar-refractivity contribution in [3.63, 3.8) is 0 Å². The van der Waals surface area contributed by atoms with Crippen molar-refractivity contribution < 1.29 is 14.3 Å². The molecule has 0 aliphatic carbocycles. The smallest absolute Gasteiger partial charge is 0.318 e. The lowest BCUT2D eigenvalue weighted by atomic mass is 10.1. The van der Waals surface area contributed by atoms with E-state index in [1.165, 1.54) is 19.4 Å². The number of nitrogens with zero attached hydrogens (tertiary/aromatic N) is 4. The predicted octanol–water partition coefficient (Wildman–Crippen LogP) is 3.15. The van der Waals surface area contributed by atoms with Gasteiger partial charge >= 0.3 is 6.01 Å². The summed E-state index contributed by atoms with van der Waals surface area (Å²) >= 11 is 0. The molecule has 0 unspecified atom stereocenters. The summed E-state index contributed by atoms with van der Waals surface area (Å²) in [5.74, 6) is 1.65. The van der Waals surface area contributed by atoms with Crippen molar-refractivity contribution in [2.24, 2.45) is 0 Å². The Morgan fingerprint density at radius 3 is 2.61 bits per heavy atom. The van der Waals surface area contributed by atoms with E-state index in [9.17, 15) is 4.79 Å². The van der Waals surface area contributed by atoms with Crippen LogP contribution in [0.3, 0.4) is 0 Å². The topological polar surface area (TPSA) is 118 Å². The molecule has 0 radical (unpaired) electrons. The lowest BCUT2D eigenvalue weighted by Gasteiger charge is -2.35. The van der Waals surface area contributed by atoms with Crippen LogP contribution < -0.4 is 20.1 Å². The van der Waals surface area contributed by atoms with Crippen LogP contribution in [0.2, 0.25) is 0 Å². The van der Waals surface area contributed by atoms with Crippen molar-refractivity contribution in [2.45, 2.75) is 6.92 Å². The predicted molar refractivity (Wildman–Crippen MR) is 129 cm³/mol. The number of nitrogen functional groups attached to an aromatic ring is 1. The van der Waals surface area contributed by atoms with Crippen LogP contribution >= 0.6 is 0 Å². The number of ether oxygens (including phenoxy) is 2. The van der Waals surface area contributed by atoms with Crippen LogP contribution in [0.5, 0.6) is 17.5 Å². The number of rotatable bonds is 6. The molecule has 9 heteroatoms. The van der Waals surface area contributed by atoms with E-state index in [1.54, 1.807) is 11.0 Å². The Kier molecular flexibility index (Phi) is 6.12. The number of nitrogens with one attached hydrogen (secondary N) is 1. The Balaban J connectivity index is 1.76. The van der Waals surface area contributed by atoms with E-state index >= 15 is 0 Å². The largest absolute Gasteiger partial charge is 0.467 e. The van der Waals surface area contributed by atoms with Gasteiger partial charge in [-0.05, 0) is 36.8 Å². The molecule has 0 spiro atoms. The number of carbonyl (C=O) groups excluding carboxylic acids is 1. The molecular formula is C24H26N6O3. The minimum absolute atomic E-state index is 0.0741. The number of hydrogen-bond acceptors (Lipinski definition) is 8. The Morgan fingerprint density at radius 1 is 1.18 bits per heavy atom. The molecular weight excluding hydrogens is 420 g/mol. The summed E-state index contributed by atoms with van der Waals surface area (Å²) in [5, 5.41) is 8.57. The average molecular weight is 447 g/mol. The van der Waals surface area contributed by atoms with Gasteiger partial charge in [0.1, 0.15) is 17.1 Å². The summed E-state index contributed by atoms with van der Waals surface area (Å²) in [6.45, 7) is 7.84. The van der Waals surface area contributed by atoms with E-state index in [0.717, 1.165) is 10.9 Å². The summed E-state index contributed by atoms with van der Waals surface area (Å²) in [5.41, 5.74) is 8.47. The fraction of sp³-hybridized carbons (Fsp3) is 0.250. The Bertz CT molecular complexity index is 1230. The molecule has 1 aliphatic rings. The number of para-hydroxylation sites is 1. The summed E-state index contributed by atoms with van der Waals surface area (Å²) in [6.07, 6.45) is 2.52. The quantitative estimate of drug-likeness (QED) is 0.339. The number of nitrogens with two attached hydrogens (primary N) is 1. The van der Waals surface area contributed by atoms with Gasteiger partial charge in [-0.25, -0.2) is 0 Å². The third-order valence-electron chi connectivity index (χ3n) is 5.68. The summed E-state index contributed by atoms with van der Waals surface area (Å²) in [7, 11) is 1.52. The highest BCUT2D eigenvalue weighted by Gasteiger charge is 2.24. The minimum atomic E-state index is -0.0741. The fourth-order valence-corrected chi connectivity index (χ4v) is 3.89. The molecule has 1 aliphatic heterocycles. The second-order valence-electron chi connectivity index (χ2n) is 7.66. The number of methoxy groups -OCH3 is 1. The van der Waals surface area contributed by atoms with Crippen LogP contribution in [0.1, 0.15) is 11.1 Å². The van der Waals surface area contributed by atoms with Gasteiger partial charge in [0.2, 0.25) is 5.91 Å². The number of carbonyl (C=O) groups is 1. The van der Waals surface area contributed by atoms with Gasteiger partial charge in [0.05, 0.1) is 12.7 Å². The van der Waals surface area contributed by atoms with E-state index in [2.05, 4.69) is 21.4 Å². The van der Waals surface area contributed by atoms with Gasteiger partial charge in [-0.1, -0.05) is 18.7 Å². The second-order valence-corrected chi connectivity index (χ2v) is 7.66. The number of aryl methyl sites for hydroxylation is 1. The van der Waals surface area contributed by atoms with Gasteiger partial charge in [0.15, 0.2) is 5.75 Å². The lowest BCUT2D eigenvalue weighted by Crippen LogP contribution is -2.48. The maximum Gasteiger partial charge on any atom is 0.318 e. The first-order chi connectivity index (χ1) is 16.0. The van der Waals surface area contributed by atoms with Crippen molar-refractivity contribution in [2.75, 3.05) is 43.9 Å².